The van der Waals surface area contributed by atoms with E-state index in [2.05, 4.69) is 5.32 Å². The van der Waals surface area contributed by atoms with Crippen molar-refractivity contribution in [3.63, 3.8) is 0 Å². The molecule has 1 saturated carbocycles. The first-order valence-electron chi connectivity index (χ1n) is 10.1. The Morgan fingerprint density at radius 3 is 2.67 bits per heavy atom. The van der Waals surface area contributed by atoms with Crippen molar-refractivity contribution in [3.8, 4) is 0 Å². The van der Waals surface area contributed by atoms with Crippen LogP contribution in [-0.2, 0) is 20.5 Å². The van der Waals surface area contributed by atoms with Crippen molar-refractivity contribution in [2.45, 2.75) is 44.4 Å². The molecule has 3 N–H and O–H groups in total. The van der Waals surface area contributed by atoms with Crippen molar-refractivity contribution in [2.24, 2.45) is 5.73 Å². The number of ether oxygens (including phenoxy) is 1. The monoisotopic (exact) mass is 428 g/mol. The van der Waals surface area contributed by atoms with Crippen molar-refractivity contribution < 1.29 is 27.5 Å². The van der Waals surface area contributed by atoms with Crippen LogP contribution in [0.2, 0.25) is 0 Å². The van der Waals surface area contributed by atoms with Gasteiger partial charge in [-0.15, -0.1) is 0 Å². The molecule has 166 valence electrons. The summed E-state index contributed by atoms with van der Waals surface area (Å²) in [5.74, 6) is -0.972. The Hall–Kier alpha value is -2.17. The largest absolute Gasteiger partial charge is 0.418 e. The Labute approximate surface area is 173 Å². The molecule has 1 aliphatic heterocycles. The summed E-state index contributed by atoms with van der Waals surface area (Å²) in [5.41, 5.74) is 4.57. The van der Waals surface area contributed by atoms with Gasteiger partial charge in [0.15, 0.2) is 0 Å². The molecule has 1 heterocycles. The number of alkyl halides is 3. The third kappa shape index (κ3) is 4.76. The highest BCUT2D eigenvalue weighted by Crippen LogP contribution is 2.38. The molecule has 1 aromatic rings. The third-order valence-electron chi connectivity index (χ3n) is 5.70. The zero-order chi connectivity index (χ0) is 21.9. The summed E-state index contributed by atoms with van der Waals surface area (Å²) in [6.07, 6.45) is -1.73. The lowest BCUT2D eigenvalue weighted by Crippen LogP contribution is -2.54. The maximum atomic E-state index is 13.7. The van der Waals surface area contributed by atoms with Crippen molar-refractivity contribution in [2.75, 3.05) is 43.1 Å². The van der Waals surface area contributed by atoms with Gasteiger partial charge < -0.3 is 20.7 Å². The number of anilines is 2. The Balaban J connectivity index is 1.85. The van der Waals surface area contributed by atoms with E-state index in [4.69, 9.17) is 10.5 Å². The third-order valence-corrected chi connectivity index (χ3v) is 5.70. The molecule has 0 bridgehead atoms. The molecule has 1 saturated heterocycles. The fraction of sp³-hybridized carbons (Fsp3) is 0.600. The van der Waals surface area contributed by atoms with E-state index in [1.807, 2.05) is 11.8 Å². The molecular formula is C20H27F3N4O3. The first kappa shape index (κ1) is 22.5. The van der Waals surface area contributed by atoms with Gasteiger partial charge in [0.25, 0.3) is 5.91 Å². The minimum absolute atomic E-state index is 0.0118. The van der Waals surface area contributed by atoms with Crippen LogP contribution in [0.15, 0.2) is 18.2 Å². The number of hydrogen-bond donors (Lipinski definition) is 2. The molecule has 0 radical (unpaired) electrons. The van der Waals surface area contributed by atoms with E-state index in [1.165, 1.54) is 17.0 Å². The van der Waals surface area contributed by atoms with Crippen molar-refractivity contribution in [1.29, 1.82) is 0 Å². The van der Waals surface area contributed by atoms with Gasteiger partial charge in [-0.3, -0.25) is 14.5 Å². The minimum Gasteiger partial charge on any atom is -0.370 e. The zero-order valence-corrected chi connectivity index (χ0v) is 16.9. The van der Waals surface area contributed by atoms with Gasteiger partial charge in [0.05, 0.1) is 17.9 Å². The second-order valence-electron chi connectivity index (χ2n) is 7.48. The van der Waals surface area contributed by atoms with Crippen molar-refractivity contribution >= 4 is 23.2 Å². The highest BCUT2D eigenvalue weighted by atomic mass is 19.4. The second-order valence-corrected chi connectivity index (χ2v) is 7.48. The average Bonchev–Trinajstić information content (AvgIpc) is 2.66. The molecule has 2 fully saturated rings. The van der Waals surface area contributed by atoms with Gasteiger partial charge in [-0.1, -0.05) is 13.3 Å². The zero-order valence-electron chi connectivity index (χ0n) is 16.9. The summed E-state index contributed by atoms with van der Waals surface area (Å²) in [5, 5.41) is 2.42. The summed E-state index contributed by atoms with van der Waals surface area (Å²) in [4.78, 5) is 28.0. The number of benzene rings is 1. The number of amides is 2. The number of nitrogens with zero attached hydrogens (tertiary/aromatic N) is 2. The molecule has 1 atom stereocenters. The van der Waals surface area contributed by atoms with Crippen molar-refractivity contribution in [3.05, 3.63) is 23.8 Å². The van der Waals surface area contributed by atoms with Gasteiger partial charge in [0, 0.05) is 24.8 Å². The SMILES string of the molecule is CCN(C1CCC1)[C@@H](CN)C(=O)Nc1ccc(N2CCOCC2=O)cc1C(F)(F)F. The Morgan fingerprint density at radius 1 is 1.40 bits per heavy atom. The van der Waals surface area contributed by atoms with Gasteiger partial charge in [-0.25, -0.2) is 0 Å². The van der Waals surface area contributed by atoms with Crippen LogP contribution in [0.5, 0.6) is 0 Å². The lowest BCUT2D eigenvalue weighted by atomic mass is 9.90. The van der Waals surface area contributed by atoms with Crippen LogP contribution in [0.4, 0.5) is 24.5 Å². The molecule has 1 aromatic carbocycles. The number of nitrogens with two attached hydrogens (primary N) is 1. The first-order chi connectivity index (χ1) is 14.3. The van der Waals surface area contributed by atoms with E-state index in [0.717, 1.165) is 25.3 Å². The standard InChI is InChI=1S/C20H27F3N4O3/c1-2-26(13-4-3-5-13)17(11-24)19(29)25-16-7-6-14(10-15(16)20(21,22)23)27-8-9-30-12-18(27)28/h6-7,10,13,17H,2-5,8-9,11-12,24H2,1H3,(H,25,29)/t17-/m0/s1. The maximum Gasteiger partial charge on any atom is 0.418 e. The van der Waals surface area contributed by atoms with E-state index in [-0.39, 0.29) is 43.7 Å². The molecule has 30 heavy (non-hydrogen) atoms. The number of carbonyl (C=O) groups is 2. The van der Waals surface area contributed by atoms with Gasteiger partial charge in [0.1, 0.15) is 12.6 Å². The number of rotatable bonds is 7. The average molecular weight is 428 g/mol. The van der Waals surface area contributed by atoms with Gasteiger partial charge >= 0.3 is 6.18 Å². The van der Waals surface area contributed by atoms with Crippen LogP contribution in [0.25, 0.3) is 0 Å². The molecular weight excluding hydrogens is 401 g/mol. The lowest BCUT2D eigenvalue weighted by molar-refractivity contribution is -0.137. The molecule has 10 heteroatoms. The van der Waals surface area contributed by atoms with E-state index < -0.39 is 29.6 Å². The molecule has 0 aromatic heterocycles. The highest BCUT2D eigenvalue weighted by Gasteiger charge is 2.37. The molecule has 3 rings (SSSR count). The van der Waals surface area contributed by atoms with Crippen LogP contribution in [0.3, 0.4) is 0 Å². The van der Waals surface area contributed by atoms with Crippen LogP contribution < -0.4 is 16.0 Å². The minimum atomic E-state index is -4.70. The highest BCUT2D eigenvalue weighted by molar-refractivity contribution is 5.98. The number of morpholine rings is 1. The number of nitrogens with one attached hydrogen (secondary N) is 1. The Morgan fingerprint density at radius 2 is 2.13 bits per heavy atom. The normalized spacial score (nSPS) is 19.0. The van der Waals surface area contributed by atoms with Gasteiger partial charge in [-0.2, -0.15) is 13.2 Å². The topological polar surface area (TPSA) is 87.9 Å². The fourth-order valence-electron chi connectivity index (χ4n) is 3.90. The number of hydrogen-bond acceptors (Lipinski definition) is 5. The summed E-state index contributed by atoms with van der Waals surface area (Å²) in [6, 6.07) is 2.99. The number of likely N-dealkylation sites (N-methyl/N-ethyl adjacent to an activating group) is 1. The van der Waals surface area contributed by atoms with E-state index >= 15 is 0 Å². The van der Waals surface area contributed by atoms with Gasteiger partial charge in [-0.05, 0) is 37.6 Å². The fourth-order valence-corrected chi connectivity index (χ4v) is 3.90. The molecule has 2 aliphatic rings. The predicted molar refractivity (Wildman–Crippen MR) is 106 cm³/mol. The van der Waals surface area contributed by atoms with Crippen LogP contribution in [0.1, 0.15) is 31.7 Å². The summed E-state index contributed by atoms with van der Waals surface area (Å²) in [6.45, 7) is 2.75. The molecule has 0 spiro atoms. The number of carbonyl (C=O) groups excluding carboxylic acids is 2. The van der Waals surface area contributed by atoms with Crippen LogP contribution >= 0.6 is 0 Å². The van der Waals surface area contributed by atoms with E-state index in [9.17, 15) is 22.8 Å². The Kier molecular flexibility index (Phi) is 6.99. The molecule has 0 unspecified atom stereocenters. The van der Waals surface area contributed by atoms with Crippen molar-refractivity contribution in [1.82, 2.24) is 4.90 Å². The molecule has 7 nitrogen and oxygen atoms in total. The van der Waals surface area contributed by atoms with E-state index in [0.29, 0.717) is 6.54 Å². The summed E-state index contributed by atoms with van der Waals surface area (Å²) in [7, 11) is 0. The Bertz CT molecular complexity index is 783. The van der Waals surface area contributed by atoms with Crippen LogP contribution in [0, 0.1) is 0 Å². The first-order valence-corrected chi connectivity index (χ1v) is 10.1. The summed E-state index contributed by atoms with van der Waals surface area (Å²) >= 11 is 0. The predicted octanol–water partition coefficient (Wildman–Crippen LogP) is 2.21. The van der Waals surface area contributed by atoms with Crippen LogP contribution in [-0.4, -0.2) is 61.6 Å². The quantitative estimate of drug-likeness (QED) is 0.695. The second kappa shape index (κ2) is 9.32. The molecule has 2 amide bonds. The molecule has 1 aliphatic carbocycles. The maximum absolute atomic E-state index is 13.7. The van der Waals surface area contributed by atoms with E-state index in [1.54, 1.807) is 0 Å². The van der Waals surface area contributed by atoms with Gasteiger partial charge in [0.2, 0.25) is 5.91 Å². The number of halogens is 3. The smallest absolute Gasteiger partial charge is 0.370 e. The lowest BCUT2D eigenvalue weighted by Gasteiger charge is -2.41. The summed E-state index contributed by atoms with van der Waals surface area (Å²) < 4.78 is 46.2.